The molecule has 0 aromatic heterocycles. The van der Waals surface area contributed by atoms with Crippen LogP contribution in [0.25, 0.3) is 0 Å². The molecular weight excluding hydrogens is 387 g/mol. The van der Waals surface area contributed by atoms with Crippen LogP contribution < -0.4 is 19.5 Å². The fourth-order valence-electron chi connectivity index (χ4n) is 3.10. The number of carbonyl (C=O) groups excluding carboxylic acids is 1. The average Bonchev–Trinajstić information content (AvgIpc) is 2.67. The highest BCUT2D eigenvalue weighted by molar-refractivity contribution is 5.94. The van der Waals surface area contributed by atoms with Gasteiger partial charge in [0.1, 0.15) is 23.9 Å². The lowest BCUT2D eigenvalue weighted by atomic mass is 9.95. The molecule has 1 unspecified atom stereocenters. The molecule has 2 aromatic rings. The predicted molar refractivity (Wildman–Crippen MR) is 102 cm³/mol. The van der Waals surface area contributed by atoms with Gasteiger partial charge in [0, 0.05) is 11.3 Å². The predicted octanol–water partition coefficient (Wildman–Crippen LogP) is 4.52. The summed E-state index contributed by atoms with van der Waals surface area (Å²) in [7, 11) is 0. The molecule has 0 bridgehead atoms. The number of hydrogen-bond acceptors (Lipinski definition) is 4. The smallest absolute Gasteiger partial charge is 0.422 e. The van der Waals surface area contributed by atoms with E-state index in [2.05, 4.69) is 5.32 Å². The monoisotopic (exact) mass is 409 g/mol. The Labute approximate surface area is 166 Å². The SMILES string of the molecule is CCOc1ccc2c(c1)CC(C(=O)Nc1cccc(OCC(F)(F)F)c1C)CO2. The van der Waals surface area contributed by atoms with Gasteiger partial charge in [-0.25, -0.2) is 0 Å². The second-order valence-electron chi connectivity index (χ2n) is 6.74. The summed E-state index contributed by atoms with van der Waals surface area (Å²) in [5, 5.41) is 2.78. The third-order valence-electron chi connectivity index (χ3n) is 4.55. The third-order valence-corrected chi connectivity index (χ3v) is 4.55. The molecule has 156 valence electrons. The van der Waals surface area contributed by atoms with Gasteiger partial charge in [0.2, 0.25) is 5.91 Å². The third kappa shape index (κ3) is 5.34. The lowest BCUT2D eigenvalue weighted by Crippen LogP contribution is -2.32. The molecule has 1 amide bonds. The Balaban J connectivity index is 1.68. The number of fused-ring (bicyclic) bond motifs is 1. The molecule has 0 aliphatic carbocycles. The normalized spacial score (nSPS) is 15.8. The van der Waals surface area contributed by atoms with Gasteiger partial charge in [-0.05, 0) is 56.2 Å². The maximum Gasteiger partial charge on any atom is 0.422 e. The van der Waals surface area contributed by atoms with E-state index >= 15 is 0 Å². The summed E-state index contributed by atoms with van der Waals surface area (Å²) in [4.78, 5) is 12.7. The van der Waals surface area contributed by atoms with Gasteiger partial charge >= 0.3 is 6.18 Å². The number of nitrogens with one attached hydrogen (secondary N) is 1. The lowest BCUT2D eigenvalue weighted by molar-refractivity contribution is -0.153. The summed E-state index contributed by atoms with van der Waals surface area (Å²) < 4.78 is 53.2. The van der Waals surface area contributed by atoms with Crippen LogP contribution in [0.5, 0.6) is 17.2 Å². The van der Waals surface area contributed by atoms with Crippen LogP contribution in [0.1, 0.15) is 18.1 Å². The van der Waals surface area contributed by atoms with Gasteiger partial charge < -0.3 is 19.5 Å². The molecule has 5 nitrogen and oxygen atoms in total. The molecule has 1 N–H and O–H groups in total. The number of ether oxygens (including phenoxy) is 3. The molecule has 1 aliphatic rings. The van der Waals surface area contributed by atoms with Crippen molar-refractivity contribution in [2.45, 2.75) is 26.4 Å². The van der Waals surface area contributed by atoms with Crippen molar-refractivity contribution in [3.63, 3.8) is 0 Å². The number of alkyl halides is 3. The van der Waals surface area contributed by atoms with E-state index in [0.717, 1.165) is 11.3 Å². The molecule has 0 saturated heterocycles. The van der Waals surface area contributed by atoms with E-state index in [0.29, 0.717) is 30.0 Å². The molecule has 3 rings (SSSR count). The Morgan fingerprint density at radius 3 is 2.76 bits per heavy atom. The lowest BCUT2D eigenvalue weighted by Gasteiger charge is -2.25. The van der Waals surface area contributed by atoms with E-state index in [1.165, 1.54) is 12.1 Å². The first-order chi connectivity index (χ1) is 13.8. The van der Waals surface area contributed by atoms with Crippen molar-refractivity contribution in [3.8, 4) is 17.2 Å². The van der Waals surface area contributed by atoms with Crippen molar-refractivity contribution in [1.29, 1.82) is 0 Å². The van der Waals surface area contributed by atoms with Gasteiger partial charge in [0.05, 0.1) is 12.5 Å². The Bertz CT molecular complexity index is 883. The van der Waals surface area contributed by atoms with Crippen molar-refractivity contribution >= 4 is 11.6 Å². The molecular formula is C21H22F3NO4. The summed E-state index contributed by atoms with van der Waals surface area (Å²) in [6.45, 7) is 2.86. The number of benzene rings is 2. The molecule has 2 aromatic carbocycles. The van der Waals surface area contributed by atoms with Crippen LogP contribution in [0.2, 0.25) is 0 Å². The summed E-state index contributed by atoms with van der Waals surface area (Å²) in [6.07, 6.45) is -3.95. The summed E-state index contributed by atoms with van der Waals surface area (Å²) in [6, 6.07) is 10.1. The average molecular weight is 409 g/mol. The molecule has 29 heavy (non-hydrogen) atoms. The highest BCUT2D eigenvalue weighted by atomic mass is 19.4. The Hall–Kier alpha value is -2.90. The Morgan fingerprint density at radius 2 is 2.03 bits per heavy atom. The van der Waals surface area contributed by atoms with Gasteiger partial charge in [-0.1, -0.05) is 6.07 Å². The minimum Gasteiger partial charge on any atom is -0.494 e. The van der Waals surface area contributed by atoms with Gasteiger partial charge in [-0.2, -0.15) is 13.2 Å². The first kappa shape index (κ1) is 20.8. The molecule has 1 aliphatic heterocycles. The zero-order chi connectivity index (χ0) is 21.0. The standard InChI is InChI=1S/C21H22F3NO4/c1-3-27-16-7-8-19-14(10-16)9-15(11-28-19)20(26)25-17-5-4-6-18(13(17)2)29-12-21(22,23)24/h4-8,10,15H,3,9,11-12H2,1-2H3,(H,25,26). The fourth-order valence-corrected chi connectivity index (χ4v) is 3.10. The minimum absolute atomic E-state index is 0.0757. The highest BCUT2D eigenvalue weighted by Crippen LogP contribution is 2.32. The molecule has 1 heterocycles. The number of halogens is 3. The highest BCUT2D eigenvalue weighted by Gasteiger charge is 2.29. The molecule has 0 radical (unpaired) electrons. The first-order valence-electron chi connectivity index (χ1n) is 9.25. The van der Waals surface area contributed by atoms with Crippen LogP contribution in [0.15, 0.2) is 36.4 Å². The van der Waals surface area contributed by atoms with Crippen molar-refractivity contribution in [2.75, 3.05) is 25.1 Å². The minimum atomic E-state index is -4.43. The molecule has 1 atom stereocenters. The largest absolute Gasteiger partial charge is 0.494 e. The van der Waals surface area contributed by atoms with E-state index in [1.807, 2.05) is 25.1 Å². The number of rotatable bonds is 6. The number of anilines is 1. The van der Waals surface area contributed by atoms with Crippen molar-refractivity contribution in [1.82, 2.24) is 0 Å². The van der Waals surface area contributed by atoms with Crippen molar-refractivity contribution in [3.05, 3.63) is 47.5 Å². The van der Waals surface area contributed by atoms with E-state index in [1.54, 1.807) is 13.0 Å². The van der Waals surface area contributed by atoms with Crippen LogP contribution in [-0.2, 0) is 11.2 Å². The first-order valence-corrected chi connectivity index (χ1v) is 9.25. The van der Waals surface area contributed by atoms with E-state index < -0.39 is 18.7 Å². The maximum absolute atomic E-state index is 12.7. The van der Waals surface area contributed by atoms with E-state index in [9.17, 15) is 18.0 Å². The maximum atomic E-state index is 12.7. The van der Waals surface area contributed by atoms with Crippen molar-refractivity contribution < 1.29 is 32.2 Å². The summed E-state index contributed by atoms with van der Waals surface area (Å²) in [5.74, 6) is 0.802. The molecule has 8 heteroatoms. The van der Waals surface area contributed by atoms with Gasteiger partial charge in [0.25, 0.3) is 0 Å². The van der Waals surface area contributed by atoms with E-state index in [4.69, 9.17) is 14.2 Å². The van der Waals surface area contributed by atoms with Crippen molar-refractivity contribution in [2.24, 2.45) is 5.92 Å². The molecule has 0 fully saturated rings. The van der Waals surface area contributed by atoms with Crippen LogP contribution >= 0.6 is 0 Å². The number of carbonyl (C=O) groups is 1. The van der Waals surface area contributed by atoms with E-state index in [-0.39, 0.29) is 18.3 Å². The fraction of sp³-hybridized carbons (Fsp3) is 0.381. The van der Waals surface area contributed by atoms with Gasteiger partial charge in [-0.3, -0.25) is 4.79 Å². The van der Waals surface area contributed by atoms with Crippen LogP contribution in [0, 0.1) is 12.8 Å². The van der Waals surface area contributed by atoms with Crippen LogP contribution in [-0.4, -0.2) is 31.9 Å². The number of amides is 1. The summed E-state index contributed by atoms with van der Waals surface area (Å²) >= 11 is 0. The molecule has 0 spiro atoms. The number of hydrogen-bond donors (Lipinski definition) is 1. The Kier molecular flexibility index (Phi) is 6.20. The molecule has 0 saturated carbocycles. The quantitative estimate of drug-likeness (QED) is 0.762. The van der Waals surface area contributed by atoms with Crippen LogP contribution in [0.3, 0.4) is 0 Å². The van der Waals surface area contributed by atoms with Gasteiger partial charge in [-0.15, -0.1) is 0 Å². The zero-order valence-electron chi connectivity index (χ0n) is 16.1. The van der Waals surface area contributed by atoms with Crippen LogP contribution in [0.4, 0.5) is 18.9 Å². The second-order valence-corrected chi connectivity index (χ2v) is 6.74. The topological polar surface area (TPSA) is 56.8 Å². The Morgan fingerprint density at radius 1 is 1.24 bits per heavy atom. The second kappa shape index (κ2) is 8.63. The summed E-state index contributed by atoms with van der Waals surface area (Å²) in [5.41, 5.74) is 1.71. The van der Waals surface area contributed by atoms with Gasteiger partial charge in [0.15, 0.2) is 6.61 Å². The zero-order valence-corrected chi connectivity index (χ0v) is 16.1.